The van der Waals surface area contributed by atoms with E-state index in [2.05, 4.69) is 59.2 Å². The van der Waals surface area contributed by atoms with Crippen molar-refractivity contribution in [1.82, 2.24) is 4.57 Å². The molecule has 2 heterocycles. The van der Waals surface area contributed by atoms with Crippen molar-refractivity contribution < 1.29 is 0 Å². The first kappa shape index (κ1) is 26.9. The highest BCUT2D eigenvalue weighted by molar-refractivity contribution is 7.25. The Balaban J connectivity index is 1.59. The lowest BCUT2D eigenvalue weighted by molar-refractivity contribution is 1.19. The van der Waals surface area contributed by atoms with Gasteiger partial charge in [-0.3, -0.25) is 0 Å². The van der Waals surface area contributed by atoms with E-state index in [1.807, 2.05) is 48.5 Å². The maximum absolute atomic E-state index is 10.2. The molecule has 5 nitrogen and oxygen atoms in total. The summed E-state index contributed by atoms with van der Waals surface area (Å²) in [7, 11) is 0. The van der Waals surface area contributed by atoms with Crippen molar-refractivity contribution in [3.05, 3.63) is 138 Å². The maximum Gasteiger partial charge on any atom is 0.0998 e. The smallest absolute Gasteiger partial charge is 0.0998 e. The fraction of sp³-hybridized carbons (Fsp3) is 0. The first-order valence-corrected chi connectivity index (χ1v) is 15.3. The predicted octanol–water partition coefficient (Wildman–Crippen LogP) is 9.97. The monoisotopic (exact) mass is 601 g/mol. The molecule has 46 heavy (non-hydrogen) atoms. The summed E-state index contributed by atoms with van der Waals surface area (Å²) >= 11 is 1.75. The first-order valence-electron chi connectivity index (χ1n) is 14.5. The fourth-order valence-corrected chi connectivity index (χ4v) is 7.79. The molecule has 210 valence electrons. The molecule has 0 fully saturated rings. The van der Waals surface area contributed by atoms with Crippen molar-refractivity contribution in [2.45, 2.75) is 0 Å². The van der Waals surface area contributed by atoms with E-state index in [-0.39, 0.29) is 0 Å². The van der Waals surface area contributed by atoms with Crippen molar-refractivity contribution in [3.63, 3.8) is 0 Å². The number of benzene rings is 6. The molecule has 0 aliphatic rings. The third-order valence-electron chi connectivity index (χ3n) is 8.58. The van der Waals surface area contributed by atoms with E-state index in [4.69, 9.17) is 0 Å². The number of hydrogen-bond donors (Lipinski definition) is 0. The topological polar surface area (TPSA) is 100 Å². The molecule has 0 atom stereocenters. The molecule has 0 aliphatic heterocycles. The van der Waals surface area contributed by atoms with Gasteiger partial charge >= 0.3 is 0 Å². The summed E-state index contributed by atoms with van der Waals surface area (Å²) in [5, 5.41) is 44.7. The van der Waals surface area contributed by atoms with Gasteiger partial charge in [0, 0.05) is 53.3 Å². The van der Waals surface area contributed by atoms with Gasteiger partial charge in [-0.25, -0.2) is 0 Å². The van der Waals surface area contributed by atoms with Gasteiger partial charge in [-0.05, 0) is 60.2 Å². The molecule has 0 aliphatic carbocycles. The minimum atomic E-state index is 0.407. The van der Waals surface area contributed by atoms with Crippen LogP contribution in [0.25, 0.3) is 69.9 Å². The summed E-state index contributed by atoms with van der Waals surface area (Å²) in [5.74, 6) is 0. The highest BCUT2D eigenvalue weighted by Crippen LogP contribution is 2.45. The van der Waals surface area contributed by atoms with Gasteiger partial charge in [-0.15, -0.1) is 11.3 Å². The number of aromatic nitrogens is 1. The number of hydrogen-bond acceptors (Lipinski definition) is 5. The Morgan fingerprint density at radius 3 is 1.70 bits per heavy atom. The summed E-state index contributed by atoms with van der Waals surface area (Å²) in [6, 6.07) is 46.3. The van der Waals surface area contributed by atoms with Crippen LogP contribution in [0, 0.1) is 45.3 Å². The molecule has 8 aromatic rings. The predicted molar refractivity (Wildman–Crippen MR) is 183 cm³/mol. The van der Waals surface area contributed by atoms with Crippen LogP contribution in [-0.4, -0.2) is 4.57 Å². The van der Waals surface area contributed by atoms with Crippen molar-refractivity contribution >= 4 is 53.3 Å². The van der Waals surface area contributed by atoms with Gasteiger partial charge in [0.25, 0.3) is 0 Å². The Kier molecular flexibility index (Phi) is 6.13. The first-order chi connectivity index (χ1) is 22.7. The van der Waals surface area contributed by atoms with E-state index < -0.39 is 0 Å². The van der Waals surface area contributed by atoms with Gasteiger partial charge in [-0.1, -0.05) is 60.7 Å². The maximum atomic E-state index is 10.2. The Morgan fingerprint density at radius 1 is 0.478 bits per heavy atom. The van der Waals surface area contributed by atoms with Gasteiger partial charge in [0.2, 0.25) is 0 Å². The Hall–Kier alpha value is -6.70. The lowest BCUT2D eigenvalue weighted by atomic mass is 9.90. The average Bonchev–Trinajstić information content (AvgIpc) is 3.66. The van der Waals surface area contributed by atoms with E-state index in [0.717, 1.165) is 44.0 Å². The lowest BCUT2D eigenvalue weighted by Gasteiger charge is -2.14. The normalized spacial score (nSPS) is 11.0. The van der Waals surface area contributed by atoms with Crippen molar-refractivity contribution in [1.29, 1.82) is 21.0 Å². The van der Waals surface area contributed by atoms with Crippen LogP contribution in [0.4, 0.5) is 0 Å². The minimum absolute atomic E-state index is 0.407. The third-order valence-corrected chi connectivity index (χ3v) is 9.73. The number of nitrogens with zero attached hydrogens (tertiary/aromatic N) is 5. The molecule has 0 radical (unpaired) electrons. The summed E-state index contributed by atoms with van der Waals surface area (Å²) in [5.41, 5.74) is 6.93. The number of thiophene rings is 1. The quantitative estimate of drug-likeness (QED) is 0.201. The zero-order valence-corrected chi connectivity index (χ0v) is 24.9. The van der Waals surface area contributed by atoms with E-state index in [1.54, 1.807) is 47.7 Å². The molecule has 0 N–H and O–H groups in total. The van der Waals surface area contributed by atoms with E-state index in [9.17, 15) is 21.0 Å². The summed E-state index contributed by atoms with van der Waals surface area (Å²) in [4.78, 5) is 0. The number of fused-ring (bicyclic) bond motifs is 6. The van der Waals surface area contributed by atoms with E-state index in [0.29, 0.717) is 33.4 Å². The molecule has 8 rings (SSSR count). The average molecular weight is 602 g/mol. The Labute approximate surface area is 267 Å². The van der Waals surface area contributed by atoms with Crippen molar-refractivity contribution in [3.8, 4) is 52.2 Å². The van der Waals surface area contributed by atoms with Crippen LogP contribution < -0.4 is 0 Å². The molecular formula is C40H19N5S. The minimum Gasteiger partial charge on any atom is -0.309 e. The number of nitriles is 4. The van der Waals surface area contributed by atoms with Gasteiger partial charge in [0.15, 0.2) is 0 Å². The molecule has 0 bridgehead atoms. The second kappa shape index (κ2) is 10.5. The zero-order chi connectivity index (χ0) is 31.4. The third kappa shape index (κ3) is 3.83. The molecular weight excluding hydrogens is 583 g/mol. The molecule has 0 saturated heterocycles. The second-order valence-corrected chi connectivity index (χ2v) is 12.0. The van der Waals surface area contributed by atoms with E-state index in [1.165, 1.54) is 14.8 Å². The van der Waals surface area contributed by atoms with E-state index >= 15 is 0 Å². The van der Waals surface area contributed by atoms with Crippen LogP contribution in [0.1, 0.15) is 22.3 Å². The van der Waals surface area contributed by atoms with Crippen LogP contribution in [0.2, 0.25) is 0 Å². The highest BCUT2D eigenvalue weighted by Gasteiger charge is 2.24. The lowest BCUT2D eigenvalue weighted by Crippen LogP contribution is -1.97. The second-order valence-electron chi connectivity index (χ2n) is 10.9. The molecule has 6 aromatic carbocycles. The molecule has 0 unspecified atom stereocenters. The van der Waals surface area contributed by atoms with Gasteiger partial charge in [0.05, 0.1) is 57.6 Å². The molecule has 0 saturated carbocycles. The molecule has 6 heteroatoms. The summed E-state index contributed by atoms with van der Waals surface area (Å²) in [6.07, 6.45) is 0. The fourth-order valence-electron chi connectivity index (χ4n) is 6.71. The van der Waals surface area contributed by atoms with Gasteiger partial charge < -0.3 is 4.57 Å². The van der Waals surface area contributed by atoms with Crippen LogP contribution in [0.15, 0.2) is 115 Å². The zero-order valence-electron chi connectivity index (χ0n) is 24.1. The number of para-hydroxylation sites is 1. The van der Waals surface area contributed by atoms with Gasteiger partial charge in [0.1, 0.15) is 0 Å². The largest absolute Gasteiger partial charge is 0.309 e. The summed E-state index contributed by atoms with van der Waals surface area (Å²) in [6.45, 7) is 0. The molecule has 2 aromatic heterocycles. The van der Waals surface area contributed by atoms with Crippen molar-refractivity contribution in [2.75, 3.05) is 0 Å². The SMILES string of the molecule is N#Cc1cccc(C#N)c1-c1cccc2c1c1cccc(-c3c(C#N)cccc3C#N)c1n2-c1ccc2sc3ccccc3c2c1. The Morgan fingerprint density at radius 2 is 1.02 bits per heavy atom. The summed E-state index contributed by atoms with van der Waals surface area (Å²) < 4.78 is 4.57. The van der Waals surface area contributed by atoms with Gasteiger partial charge in [-0.2, -0.15) is 21.0 Å². The van der Waals surface area contributed by atoms with Crippen LogP contribution in [-0.2, 0) is 0 Å². The highest BCUT2D eigenvalue weighted by atomic mass is 32.1. The molecule has 0 amide bonds. The van der Waals surface area contributed by atoms with Crippen LogP contribution in [0.5, 0.6) is 0 Å². The van der Waals surface area contributed by atoms with Crippen LogP contribution >= 0.6 is 11.3 Å². The number of rotatable bonds is 3. The van der Waals surface area contributed by atoms with Crippen LogP contribution in [0.3, 0.4) is 0 Å². The Bertz CT molecular complexity index is 2690. The van der Waals surface area contributed by atoms with Crippen molar-refractivity contribution in [2.24, 2.45) is 0 Å². The molecule has 0 spiro atoms. The standard InChI is InChI=1S/C40H19N5S/c41-20-24-7-3-8-25(21-42)37(24)30-12-6-15-34-39(30)32-14-5-13-31(38-26(22-43)9-4-10-27(38)23-44)40(32)45(34)28-17-18-36-33(19-28)29-11-1-2-16-35(29)46-36/h1-19H.